The highest BCUT2D eigenvalue weighted by atomic mass is 16.5. The van der Waals surface area contributed by atoms with E-state index in [2.05, 4.69) is 169 Å². The Hall–Kier alpha value is -7.56. The lowest BCUT2D eigenvalue weighted by Crippen LogP contribution is -2.18. The zero-order valence-corrected chi connectivity index (χ0v) is 32.7. The molecular weight excluding hydrogens is 721 g/mol. The minimum absolute atomic E-state index is 0.172. The van der Waals surface area contributed by atoms with Gasteiger partial charge < -0.3 is 19.3 Å². The molecule has 12 rings (SSSR count). The summed E-state index contributed by atoms with van der Waals surface area (Å²) in [5, 5.41) is 4.91. The smallest absolute Gasteiger partial charge is 0.151 e. The first-order valence-electron chi connectivity index (χ1n) is 20.2. The molecule has 0 unspecified atom stereocenters. The zero-order chi connectivity index (χ0) is 39.2. The topological polar surface area (TPSA) is 24.9 Å². The van der Waals surface area contributed by atoms with Crippen LogP contribution in [-0.4, -0.2) is 0 Å². The highest BCUT2D eigenvalue weighted by Gasteiger charge is 2.37. The first kappa shape index (κ1) is 33.6. The van der Waals surface area contributed by atoms with E-state index >= 15 is 0 Å². The van der Waals surface area contributed by atoms with E-state index in [0.29, 0.717) is 0 Å². The fourth-order valence-electron chi connectivity index (χ4n) is 9.46. The second kappa shape index (κ2) is 12.7. The third kappa shape index (κ3) is 5.23. The van der Waals surface area contributed by atoms with Crippen molar-refractivity contribution in [2.75, 3.05) is 9.80 Å². The lowest BCUT2D eigenvalue weighted by atomic mass is 9.81. The van der Waals surface area contributed by atoms with Gasteiger partial charge in [0.25, 0.3) is 0 Å². The van der Waals surface area contributed by atoms with E-state index in [4.69, 9.17) is 9.47 Å². The number of benzene rings is 9. The van der Waals surface area contributed by atoms with Crippen molar-refractivity contribution in [2.24, 2.45) is 0 Å². The number of hydrogen-bond acceptors (Lipinski definition) is 4. The summed E-state index contributed by atoms with van der Waals surface area (Å²) < 4.78 is 12.6. The molecule has 0 fully saturated rings. The summed E-state index contributed by atoms with van der Waals surface area (Å²) in [4.78, 5) is 4.63. The molecule has 2 heterocycles. The van der Waals surface area contributed by atoms with Gasteiger partial charge in [-0.2, -0.15) is 0 Å². The first-order chi connectivity index (χ1) is 29.0. The van der Waals surface area contributed by atoms with E-state index in [1.165, 1.54) is 54.9 Å². The predicted octanol–water partition coefficient (Wildman–Crippen LogP) is 15.6. The summed E-state index contributed by atoms with van der Waals surface area (Å²) in [5.74, 6) is 3.44. The Morgan fingerprint density at radius 3 is 1.36 bits per heavy atom. The molecule has 280 valence electrons. The van der Waals surface area contributed by atoms with E-state index in [-0.39, 0.29) is 5.41 Å². The normalized spacial score (nSPS) is 14.2. The second-order valence-corrected chi connectivity index (χ2v) is 16.2. The van der Waals surface area contributed by atoms with Gasteiger partial charge in [-0.1, -0.05) is 129 Å². The molecular formula is C55H38N2O2. The molecule has 0 bridgehead atoms. The van der Waals surface area contributed by atoms with E-state index in [0.717, 1.165) is 57.1 Å². The number of fused-ring (bicyclic) bond motifs is 10. The SMILES string of the molecule is CC1(C)c2cc(/C=C/c3ccc4c(ccc5cc(N6c7ccccc7Oc7ccccc76)ccc54)c3)ccc2-c2ccc(N3c4ccccc4Oc4ccccc43)cc21. The van der Waals surface area contributed by atoms with Crippen LogP contribution < -0.4 is 19.3 Å². The Labute approximate surface area is 343 Å². The fraction of sp³-hybridized carbons (Fsp3) is 0.0545. The summed E-state index contributed by atoms with van der Waals surface area (Å²) in [5.41, 5.74) is 13.9. The van der Waals surface area contributed by atoms with Gasteiger partial charge in [0.05, 0.1) is 22.7 Å². The number of rotatable bonds is 4. The maximum Gasteiger partial charge on any atom is 0.151 e. The van der Waals surface area contributed by atoms with Gasteiger partial charge in [0.1, 0.15) is 0 Å². The Kier molecular flexibility index (Phi) is 7.24. The van der Waals surface area contributed by atoms with Gasteiger partial charge in [0.15, 0.2) is 23.0 Å². The van der Waals surface area contributed by atoms with E-state index < -0.39 is 0 Å². The second-order valence-electron chi connectivity index (χ2n) is 16.2. The van der Waals surface area contributed by atoms with Crippen LogP contribution in [0, 0.1) is 0 Å². The standard InChI is InChI=1S/C55H38N2O2/c1-55(2)45-32-36(22-28-43(45)44-30-26-40(34-46(44)55)57-49-13-5-9-17-53(49)59-54-18-10-6-14-50(54)57)20-19-35-21-27-41-37(31-35)23-24-38-33-39(25-29-42(38)41)56-47-11-3-7-15-51(47)58-52-16-8-4-12-48(52)56/h3-34H,1-2H3/b20-19+. The lowest BCUT2D eigenvalue weighted by Gasteiger charge is -2.33. The molecule has 0 amide bonds. The maximum atomic E-state index is 6.31. The highest BCUT2D eigenvalue weighted by molar-refractivity contribution is 6.09. The number of anilines is 6. The molecule has 4 heteroatoms. The average Bonchev–Trinajstić information content (AvgIpc) is 3.50. The van der Waals surface area contributed by atoms with Crippen LogP contribution in [-0.2, 0) is 5.41 Å². The van der Waals surface area contributed by atoms with Crippen LogP contribution in [0.25, 0.3) is 44.8 Å². The quantitative estimate of drug-likeness (QED) is 0.132. The van der Waals surface area contributed by atoms with Crippen LogP contribution in [0.2, 0.25) is 0 Å². The van der Waals surface area contributed by atoms with Crippen LogP contribution in [0.4, 0.5) is 34.1 Å². The largest absolute Gasteiger partial charge is 0.453 e. The molecule has 0 spiro atoms. The first-order valence-corrected chi connectivity index (χ1v) is 20.2. The van der Waals surface area contributed by atoms with Crippen molar-refractivity contribution in [3.8, 4) is 34.1 Å². The van der Waals surface area contributed by atoms with Crippen LogP contribution in [0.15, 0.2) is 182 Å². The van der Waals surface area contributed by atoms with Crippen LogP contribution >= 0.6 is 0 Å². The third-order valence-corrected chi connectivity index (χ3v) is 12.4. The molecule has 1 aliphatic carbocycles. The van der Waals surface area contributed by atoms with Crippen LogP contribution in [0.1, 0.15) is 36.1 Å². The molecule has 0 atom stereocenters. The van der Waals surface area contributed by atoms with Crippen LogP contribution in [0.5, 0.6) is 23.0 Å². The summed E-state index contributed by atoms with van der Waals surface area (Å²) in [6, 6.07) is 65.0. The van der Waals surface area contributed by atoms with E-state index in [1.807, 2.05) is 48.5 Å². The molecule has 0 aromatic heterocycles. The van der Waals surface area contributed by atoms with Crippen molar-refractivity contribution in [2.45, 2.75) is 19.3 Å². The summed E-state index contributed by atoms with van der Waals surface area (Å²) in [6.07, 6.45) is 4.49. The number of ether oxygens (including phenoxy) is 2. The maximum absolute atomic E-state index is 6.31. The van der Waals surface area contributed by atoms with Gasteiger partial charge in [0.2, 0.25) is 0 Å². The molecule has 9 aromatic rings. The molecule has 59 heavy (non-hydrogen) atoms. The van der Waals surface area contributed by atoms with Crippen molar-refractivity contribution in [3.63, 3.8) is 0 Å². The van der Waals surface area contributed by atoms with Crippen molar-refractivity contribution < 1.29 is 9.47 Å². The van der Waals surface area contributed by atoms with Gasteiger partial charge in [0, 0.05) is 16.8 Å². The number of nitrogens with zero attached hydrogens (tertiary/aromatic N) is 2. The number of para-hydroxylation sites is 8. The summed E-state index contributed by atoms with van der Waals surface area (Å²) >= 11 is 0. The highest BCUT2D eigenvalue weighted by Crippen LogP contribution is 2.55. The molecule has 4 nitrogen and oxygen atoms in total. The fourth-order valence-corrected chi connectivity index (χ4v) is 9.46. The van der Waals surface area contributed by atoms with Crippen molar-refractivity contribution in [3.05, 3.63) is 204 Å². The predicted molar refractivity (Wildman–Crippen MR) is 244 cm³/mol. The molecule has 0 N–H and O–H groups in total. The van der Waals surface area contributed by atoms with Gasteiger partial charge in [-0.15, -0.1) is 0 Å². The monoisotopic (exact) mass is 758 g/mol. The molecule has 2 aliphatic heterocycles. The Balaban J connectivity index is 0.841. The minimum Gasteiger partial charge on any atom is -0.453 e. The van der Waals surface area contributed by atoms with Crippen molar-refractivity contribution >= 4 is 67.8 Å². The molecule has 9 aromatic carbocycles. The molecule has 0 saturated heterocycles. The molecule has 0 saturated carbocycles. The summed E-state index contributed by atoms with van der Waals surface area (Å²) in [6.45, 7) is 4.71. The van der Waals surface area contributed by atoms with Gasteiger partial charge in [-0.05, 0) is 134 Å². The van der Waals surface area contributed by atoms with Gasteiger partial charge >= 0.3 is 0 Å². The third-order valence-electron chi connectivity index (χ3n) is 12.4. The van der Waals surface area contributed by atoms with E-state index in [9.17, 15) is 0 Å². The van der Waals surface area contributed by atoms with Crippen LogP contribution in [0.3, 0.4) is 0 Å². The average molecular weight is 759 g/mol. The molecule has 3 aliphatic rings. The Morgan fingerprint density at radius 2 is 0.797 bits per heavy atom. The van der Waals surface area contributed by atoms with Gasteiger partial charge in [-0.25, -0.2) is 0 Å². The Bertz CT molecular complexity index is 3140. The van der Waals surface area contributed by atoms with Gasteiger partial charge in [-0.3, -0.25) is 0 Å². The van der Waals surface area contributed by atoms with Crippen molar-refractivity contribution in [1.82, 2.24) is 0 Å². The summed E-state index contributed by atoms with van der Waals surface area (Å²) in [7, 11) is 0. The number of hydrogen-bond donors (Lipinski definition) is 0. The zero-order valence-electron chi connectivity index (χ0n) is 32.7. The van der Waals surface area contributed by atoms with Crippen molar-refractivity contribution in [1.29, 1.82) is 0 Å². The van der Waals surface area contributed by atoms with E-state index in [1.54, 1.807) is 0 Å². The minimum atomic E-state index is -0.172. The Morgan fingerprint density at radius 1 is 0.390 bits per heavy atom. The molecule has 0 radical (unpaired) electrons. The lowest BCUT2D eigenvalue weighted by molar-refractivity contribution is 0.476.